The first kappa shape index (κ1) is 13.6. The molecule has 0 bridgehead atoms. The predicted octanol–water partition coefficient (Wildman–Crippen LogP) is 2.82. The van der Waals surface area contributed by atoms with Crippen molar-refractivity contribution in [1.82, 2.24) is 14.6 Å². The third-order valence-electron chi connectivity index (χ3n) is 4.04. The molecule has 0 radical (unpaired) electrons. The molecule has 3 aromatic rings. The third kappa shape index (κ3) is 2.54. The SMILES string of the molecule is Brc1ccc(N2CCN(c3ccn4nccc4n3)CC2)cc1. The average molecular weight is 358 g/mol. The van der Waals surface area contributed by atoms with Crippen molar-refractivity contribution in [3.63, 3.8) is 0 Å². The number of halogens is 1. The van der Waals surface area contributed by atoms with Crippen molar-refractivity contribution in [2.75, 3.05) is 36.0 Å². The van der Waals surface area contributed by atoms with Gasteiger partial charge in [0.25, 0.3) is 0 Å². The first-order valence-corrected chi connectivity index (χ1v) is 8.15. The number of nitrogens with zero attached hydrogens (tertiary/aromatic N) is 5. The fourth-order valence-electron chi connectivity index (χ4n) is 2.82. The molecular formula is C16H16BrN5. The van der Waals surface area contributed by atoms with Gasteiger partial charge in [-0.1, -0.05) is 15.9 Å². The van der Waals surface area contributed by atoms with Crippen LogP contribution in [0, 0.1) is 0 Å². The van der Waals surface area contributed by atoms with E-state index in [1.54, 1.807) is 10.7 Å². The molecule has 22 heavy (non-hydrogen) atoms. The molecule has 3 heterocycles. The van der Waals surface area contributed by atoms with Crippen LogP contribution in [0.15, 0.2) is 53.3 Å². The van der Waals surface area contributed by atoms with Gasteiger partial charge in [-0.25, -0.2) is 9.50 Å². The molecule has 1 aliphatic heterocycles. The maximum Gasteiger partial charge on any atom is 0.157 e. The van der Waals surface area contributed by atoms with Gasteiger partial charge in [-0.3, -0.25) is 0 Å². The Hall–Kier alpha value is -2.08. The average Bonchev–Trinajstić information content (AvgIpc) is 3.03. The largest absolute Gasteiger partial charge is 0.368 e. The number of rotatable bonds is 2. The van der Waals surface area contributed by atoms with E-state index >= 15 is 0 Å². The van der Waals surface area contributed by atoms with Gasteiger partial charge in [0.15, 0.2) is 5.65 Å². The number of fused-ring (bicyclic) bond motifs is 1. The maximum absolute atomic E-state index is 4.67. The molecule has 6 heteroatoms. The van der Waals surface area contributed by atoms with E-state index < -0.39 is 0 Å². The summed E-state index contributed by atoms with van der Waals surface area (Å²) in [4.78, 5) is 9.42. The van der Waals surface area contributed by atoms with Crippen molar-refractivity contribution >= 4 is 33.1 Å². The summed E-state index contributed by atoms with van der Waals surface area (Å²) in [6, 6.07) is 12.5. The van der Waals surface area contributed by atoms with Gasteiger partial charge in [-0.2, -0.15) is 5.10 Å². The second-order valence-electron chi connectivity index (χ2n) is 5.37. The van der Waals surface area contributed by atoms with Crippen LogP contribution < -0.4 is 9.80 Å². The lowest BCUT2D eigenvalue weighted by atomic mass is 10.2. The molecule has 1 fully saturated rings. The highest BCUT2D eigenvalue weighted by Gasteiger charge is 2.18. The van der Waals surface area contributed by atoms with Crippen molar-refractivity contribution in [3.05, 3.63) is 53.3 Å². The molecule has 1 saturated heterocycles. The number of anilines is 2. The molecule has 0 atom stereocenters. The van der Waals surface area contributed by atoms with Crippen molar-refractivity contribution in [3.8, 4) is 0 Å². The topological polar surface area (TPSA) is 36.7 Å². The van der Waals surface area contributed by atoms with Gasteiger partial charge in [0, 0.05) is 48.6 Å². The molecule has 0 spiro atoms. The zero-order valence-corrected chi connectivity index (χ0v) is 13.6. The normalized spacial score (nSPS) is 15.5. The fourth-order valence-corrected chi connectivity index (χ4v) is 3.09. The standard InChI is InChI=1S/C16H16BrN5/c17-13-1-3-14(4-2-13)20-9-11-21(12-10-20)15-6-8-22-16(19-15)5-7-18-22/h1-8H,9-12H2. The van der Waals surface area contributed by atoms with Crippen LogP contribution in [0.3, 0.4) is 0 Å². The Balaban J connectivity index is 1.47. The van der Waals surface area contributed by atoms with E-state index in [-0.39, 0.29) is 0 Å². The van der Waals surface area contributed by atoms with Gasteiger partial charge in [-0.15, -0.1) is 0 Å². The zero-order valence-electron chi connectivity index (χ0n) is 12.1. The molecule has 0 amide bonds. The molecule has 112 valence electrons. The van der Waals surface area contributed by atoms with E-state index in [1.807, 2.05) is 18.3 Å². The summed E-state index contributed by atoms with van der Waals surface area (Å²) >= 11 is 3.48. The number of piperazine rings is 1. The summed E-state index contributed by atoms with van der Waals surface area (Å²) in [5.41, 5.74) is 2.18. The predicted molar refractivity (Wildman–Crippen MR) is 91.6 cm³/mol. The van der Waals surface area contributed by atoms with Crippen LogP contribution >= 0.6 is 15.9 Å². The minimum atomic E-state index is 0.896. The van der Waals surface area contributed by atoms with E-state index in [0.717, 1.165) is 42.1 Å². The van der Waals surface area contributed by atoms with Crippen LogP contribution in [0.4, 0.5) is 11.5 Å². The molecule has 1 aromatic carbocycles. The van der Waals surface area contributed by atoms with E-state index in [4.69, 9.17) is 0 Å². The Morgan fingerprint density at radius 2 is 1.59 bits per heavy atom. The summed E-state index contributed by atoms with van der Waals surface area (Å²) in [5, 5.41) is 4.19. The Kier molecular flexibility index (Phi) is 3.46. The summed E-state index contributed by atoms with van der Waals surface area (Å²) in [5.74, 6) is 1.03. The molecule has 0 unspecified atom stereocenters. The second-order valence-corrected chi connectivity index (χ2v) is 6.29. The highest BCUT2D eigenvalue weighted by Crippen LogP contribution is 2.21. The monoisotopic (exact) mass is 357 g/mol. The van der Waals surface area contributed by atoms with Gasteiger partial charge >= 0.3 is 0 Å². The summed E-state index contributed by atoms with van der Waals surface area (Å²) < 4.78 is 2.91. The van der Waals surface area contributed by atoms with Gasteiger partial charge in [0.05, 0.1) is 6.20 Å². The quantitative estimate of drug-likeness (QED) is 0.706. The number of hydrogen-bond acceptors (Lipinski definition) is 4. The minimum Gasteiger partial charge on any atom is -0.368 e. The zero-order chi connectivity index (χ0) is 14.9. The Bertz CT molecular complexity index is 775. The van der Waals surface area contributed by atoms with Crippen molar-refractivity contribution in [2.24, 2.45) is 0 Å². The van der Waals surface area contributed by atoms with E-state index in [1.165, 1.54) is 5.69 Å². The van der Waals surface area contributed by atoms with E-state index in [2.05, 4.69) is 60.1 Å². The maximum atomic E-state index is 4.67. The lowest BCUT2D eigenvalue weighted by Crippen LogP contribution is -2.46. The van der Waals surface area contributed by atoms with Crippen molar-refractivity contribution in [1.29, 1.82) is 0 Å². The first-order chi connectivity index (χ1) is 10.8. The molecule has 2 aromatic heterocycles. The highest BCUT2D eigenvalue weighted by molar-refractivity contribution is 9.10. The Labute approximate surface area is 137 Å². The van der Waals surface area contributed by atoms with Gasteiger partial charge in [0.1, 0.15) is 5.82 Å². The van der Waals surface area contributed by atoms with Gasteiger partial charge in [0.2, 0.25) is 0 Å². The summed E-state index contributed by atoms with van der Waals surface area (Å²) in [6.45, 7) is 3.97. The molecular weight excluding hydrogens is 342 g/mol. The van der Waals surface area contributed by atoms with Gasteiger partial charge < -0.3 is 9.80 Å². The van der Waals surface area contributed by atoms with Crippen LogP contribution in [0.2, 0.25) is 0 Å². The molecule has 0 saturated carbocycles. The number of hydrogen-bond donors (Lipinski definition) is 0. The molecule has 0 N–H and O–H groups in total. The van der Waals surface area contributed by atoms with Crippen LogP contribution in [-0.4, -0.2) is 40.8 Å². The van der Waals surface area contributed by atoms with Crippen LogP contribution in [0.5, 0.6) is 0 Å². The highest BCUT2D eigenvalue weighted by atomic mass is 79.9. The number of aromatic nitrogens is 3. The minimum absolute atomic E-state index is 0.896. The van der Waals surface area contributed by atoms with Gasteiger partial charge in [-0.05, 0) is 30.3 Å². The molecule has 5 nitrogen and oxygen atoms in total. The first-order valence-electron chi connectivity index (χ1n) is 7.35. The van der Waals surface area contributed by atoms with E-state index in [0.29, 0.717) is 0 Å². The number of benzene rings is 1. The van der Waals surface area contributed by atoms with Crippen molar-refractivity contribution < 1.29 is 0 Å². The lowest BCUT2D eigenvalue weighted by Gasteiger charge is -2.36. The van der Waals surface area contributed by atoms with E-state index in [9.17, 15) is 0 Å². The molecule has 1 aliphatic rings. The van der Waals surface area contributed by atoms with Crippen LogP contribution in [-0.2, 0) is 0 Å². The van der Waals surface area contributed by atoms with Crippen LogP contribution in [0.25, 0.3) is 5.65 Å². The smallest absolute Gasteiger partial charge is 0.157 e. The molecule has 4 rings (SSSR count). The summed E-state index contributed by atoms with van der Waals surface area (Å²) in [6.07, 6.45) is 3.75. The Morgan fingerprint density at radius 1 is 0.864 bits per heavy atom. The lowest BCUT2D eigenvalue weighted by molar-refractivity contribution is 0.647. The molecule has 0 aliphatic carbocycles. The van der Waals surface area contributed by atoms with Crippen molar-refractivity contribution in [2.45, 2.75) is 0 Å². The van der Waals surface area contributed by atoms with Crippen LogP contribution in [0.1, 0.15) is 0 Å². The fraction of sp³-hybridized carbons (Fsp3) is 0.250. The second kappa shape index (κ2) is 5.61. The summed E-state index contributed by atoms with van der Waals surface area (Å²) in [7, 11) is 0. The third-order valence-corrected chi connectivity index (χ3v) is 4.57. The Morgan fingerprint density at radius 3 is 2.36 bits per heavy atom.